The summed E-state index contributed by atoms with van der Waals surface area (Å²) in [4.78, 5) is 32.1. The van der Waals surface area contributed by atoms with Crippen LogP contribution >= 0.6 is 0 Å². The van der Waals surface area contributed by atoms with E-state index in [0.29, 0.717) is 24.6 Å². The van der Waals surface area contributed by atoms with Gasteiger partial charge in [-0.15, -0.1) is 0 Å². The lowest BCUT2D eigenvalue weighted by molar-refractivity contribution is -0.120. The largest absolute Gasteiger partial charge is 0.450 e. The number of aryl methyl sites for hydroxylation is 1. The van der Waals surface area contributed by atoms with Gasteiger partial charge in [0, 0.05) is 44.0 Å². The summed E-state index contributed by atoms with van der Waals surface area (Å²) < 4.78 is 5.19. The molecule has 2 saturated heterocycles. The molecular weight excluding hydrogens is 390 g/mol. The van der Waals surface area contributed by atoms with Gasteiger partial charge in [-0.25, -0.2) is 4.79 Å². The quantitative estimate of drug-likeness (QED) is 0.738. The monoisotopic (exact) mass is 425 g/mol. The predicted octanol–water partition coefficient (Wildman–Crippen LogP) is 3.85. The molecule has 1 unspecified atom stereocenters. The summed E-state index contributed by atoms with van der Waals surface area (Å²) in [5.41, 5.74) is 3.49. The van der Waals surface area contributed by atoms with Crippen molar-refractivity contribution in [1.82, 2.24) is 9.80 Å². The molecule has 6 heteroatoms. The van der Waals surface area contributed by atoms with E-state index in [-0.39, 0.29) is 11.5 Å². The molecular formula is C25H35N3O3. The van der Waals surface area contributed by atoms with Gasteiger partial charge in [0.05, 0.1) is 12.0 Å². The number of carbonyl (C=O) groups excluding carboxylic acids is 2. The Morgan fingerprint density at radius 2 is 1.81 bits per heavy atom. The molecule has 31 heavy (non-hydrogen) atoms. The van der Waals surface area contributed by atoms with Crippen molar-refractivity contribution in [2.75, 3.05) is 37.7 Å². The van der Waals surface area contributed by atoms with Gasteiger partial charge in [-0.05, 0) is 76.0 Å². The Balaban J connectivity index is 1.22. The minimum atomic E-state index is -0.196. The SMILES string of the molecule is CCOC(=O)N1CCCC(N2CCC(N3C(=O)C4(CC4)c4ccc(C)cc43)CC2)CC1. The molecule has 0 radical (unpaired) electrons. The molecule has 1 spiro atoms. The Kier molecular flexibility index (Phi) is 5.45. The number of rotatable bonds is 3. The van der Waals surface area contributed by atoms with E-state index < -0.39 is 0 Å². The van der Waals surface area contributed by atoms with E-state index in [1.165, 1.54) is 16.8 Å². The lowest BCUT2D eigenvalue weighted by Crippen LogP contribution is -2.50. The number of likely N-dealkylation sites (tertiary alicyclic amines) is 2. The van der Waals surface area contributed by atoms with Crippen molar-refractivity contribution in [3.63, 3.8) is 0 Å². The molecule has 1 aromatic rings. The molecule has 3 aliphatic heterocycles. The number of piperidine rings is 1. The highest BCUT2D eigenvalue weighted by atomic mass is 16.6. The van der Waals surface area contributed by atoms with Gasteiger partial charge in [-0.3, -0.25) is 4.79 Å². The second kappa shape index (κ2) is 8.12. The number of fused-ring (bicyclic) bond motifs is 2. The Bertz CT molecular complexity index is 858. The second-order valence-electron chi connectivity index (χ2n) is 9.82. The highest BCUT2D eigenvalue weighted by molar-refractivity contribution is 6.10. The zero-order valence-corrected chi connectivity index (χ0v) is 18.9. The van der Waals surface area contributed by atoms with E-state index in [1.807, 2.05) is 11.8 Å². The highest BCUT2D eigenvalue weighted by Gasteiger charge is 2.60. The Hall–Kier alpha value is -2.08. The molecule has 5 rings (SSSR count). The van der Waals surface area contributed by atoms with Gasteiger partial charge < -0.3 is 19.4 Å². The maximum Gasteiger partial charge on any atom is 0.409 e. The molecule has 1 aliphatic carbocycles. The summed E-state index contributed by atoms with van der Waals surface area (Å²) in [6, 6.07) is 7.42. The molecule has 1 atom stereocenters. The average Bonchev–Trinajstić information content (AvgIpc) is 3.56. The standard InChI is InChI=1S/C25H35N3O3/c1-3-31-24(30)27-13-4-5-19(8-16-27)26-14-9-20(10-15-26)28-22-17-18(2)6-7-21(22)25(11-12-25)23(28)29/h6-7,17,19-20H,3-5,8-16H2,1-2H3. The molecule has 3 fully saturated rings. The number of benzene rings is 1. The lowest BCUT2D eigenvalue weighted by atomic mass is 9.97. The Morgan fingerprint density at radius 3 is 2.52 bits per heavy atom. The Morgan fingerprint density at radius 1 is 1.06 bits per heavy atom. The summed E-state index contributed by atoms with van der Waals surface area (Å²) >= 11 is 0. The van der Waals surface area contributed by atoms with Crippen LogP contribution in [0.2, 0.25) is 0 Å². The van der Waals surface area contributed by atoms with Crippen LogP contribution in [0, 0.1) is 6.92 Å². The molecule has 1 saturated carbocycles. The zero-order chi connectivity index (χ0) is 21.6. The normalized spacial score (nSPS) is 26.1. The maximum atomic E-state index is 13.4. The van der Waals surface area contributed by atoms with E-state index in [1.54, 1.807) is 0 Å². The number of anilines is 1. The van der Waals surface area contributed by atoms with Gasteiger partial charge in [0.25, 0.3) is 0 Å². The van der Waals surface area contributed by atoms with Crippen LogP contribution in [0.4, 0.5) is 10.5 Å². The minimum absolute atomic E-state index is 0.169. The molecule has 2 amide bonds. The average molecular weight is 426 g/mol. The third-order valence-corrected chi connectivity index (χ3v) is 7.91. The van der Waals surface area contributed by atoms with E-state index in [4.69, 9.17) is 4.74 Å². The summed E-state index contributed by atoms with van der Waals surface area (Å²) in [7, 11) is 0. The fourth-order valence-corrected chi connectivity index (χ4v) is 6.02. The van der Waals surface area contributed by atoms with Crippen molar-refractivity contribution >= 4 is 17.7 Å². The first-order valence-corrected chi connectivity index (χ1v) is 12.1. The molecule has 6 nitrogen and oxygen atoms in total. The molecule has 0 aromatic heterocycles. The van der Waals surface area contributed by atoms with Gasteiger partial charge in [0.2, 0.25) is 5.91 Å². The topological polar surface area (TPSA) is 53.1 Å². The van der Waals surface area contributed by atoms with Crippen molar-refractivity contribution < 1.29 is 14.3 Å². The smallest absolute Gasteiger partial charge is 0.409 e. The minimum Gasteiger partial charge on any atom is -0.450 e. The van der Waals surface area contributed by atoms with E-state index in [9.17, 15) is 9.59 Å². The summed E-state index contributed by atoms with van der Waals surface area (Å²) in [6.07, 6.45) is 7.10. The van der Waals surface area contributed by atoms with E-state index in [0.717, 1.165) is 71.1 Å². The van der Waals surface area contributed by atoms with E-state index >= 15 is 0 Å². The van der Waals surface area contributed by atoms with Gasteiger partial charge in [0.1, 0.15) is 0 Å². The fraction of sp³-hybridized carbons (Fsp3) is 0.680. The number of carbonyl (C=O) groups is 2. The van der Waals surface area contributed by atoms with Gasteiger partial charge in [-0.2, -0.15) is 0 Å². The summed E-state index contributed by atoms with van der Waals surface area (Å²) in [5, 5.41) is 0. The zero-order valence-electron chi connectivity index (χ0n) is 18.9. The van der Waals surface area contributed by atoms with Gasteiger partial charge in [0.15, 0.2) is 0 Å². The third kappa shape index (κ3) is 3.63. The Labute approximate surface area is 185 Å². The van der Waals surface area contributed by atoms with Gasteiger partial charge >= 0.3 is 6.09 Å². The van der Waals surface area contributed by atoms with Crippen LogP contribution in [0.3, 0.4) is 0 Å². The van der Waals surface area contributed by atoms with Crippen molar-refractivity contribution in [3.8, 4) is 0 Å². The van der Waals surface area contributed by atoms with E-state index in [2.05, 4.69) is 34.9 Å². The molecule has 1 aromatic carbocycles. The van der Waals surface area contributed by atoms with Crippen molar-refractivity contribution in [3.05, 3.63) is 29.3 Å². The maximum absolute atomic E-state index is 13.4. The number of nitrogens with zero attached hydrogens (tertiary/aromatic N) is 3. The van der Waals surface area contributed by atoms with Crippen LogP contribution in [0.5, 0.6) is 0 Å². The first-order chi connectivity index (χ1) is 15.0. The molecule has 3 heterocycles. The van der Waals surface area contributed by atoms with Crippen molar-refractivity contribution in [2.45, 2.75) is 76.3 Å². The third-order valence-electron chi connectivity index (χ3n) is 7.91. The van der Waals surface area contributed by atoms with Crippen molar-refractivity contribution in [2.24, 2.45) is 0 Å². The first-order valence-electron chi connectivity index (χ1n) is 12.1. The number of amides is 2. The van der Waals surface area contributed by atoms with Gasteiger partial charge in [-0.1, -0.05) is 12.1 Å². The molecule has 0 bridgehead atoms. The fourth-order valence-electron chi connectivity index (χ4n) is 6.02. The second-order valence-corrected chi connectivity index (χ2v) is 9.82. The van der Waals surface area contributed by atoms with Crippen LogP contribution in [-0.4, -0.2) is 66.7 Å². The highest BCUT2D eigenvalue weighted by Crippen LogP contribution is 2.58. The number of hydrogen-bond acceptors (Lipinski definition) is 4. The van der Waals surface area contributed by atoms with Crippen LogP contribution in [-0.2, 0) is 14.9 Å². The predicted molar refractivity (Wildman–Crippen MR) is 120 cm³/mol. The van der Waals surface area contributed by atoms with Crippen LogP contribution < -0.4 is 4.90 Å². The summed E-state index contributed by atoms with van der Waals surface area (Å²) in [6.45, 7) is 8.06. The molecule has 4 aliphatic rings. The molecule has 168 valence electrons. The molecule has 0 N–H and O–H groups in total. The van der Waals surface area contributed by atoms with Crippen LogP contribution in [0.25, 0.3) is 0 Å². The number of ether oxygens (including phenoxy) is 1. The first kappa shape index (κ1) is 20.8. The lowest BCUT2D eigenvalue weighted by Gasteiger charge is -2.40. The summed E-state index contributed by atoms with van der Waals surface area (Å²) in [5.74, 6) is 0.353. The van der Waals surface area contributed by atoms with Crippen LogP contribution in [0.1, 0.15) is 63.0 Å². The van der Waals surface area contributed by atoms with Crippen molar-refractivity contribution in [1.29, 1.82) is 0 Å². The number of hydrogen-bond donors (Lipinski definition) is 0. The van der Waals surface area contributed by atoms with Crippen LogP contribution in [0.15, 0.2) is 18.2 Å².